The zero-order valence-electron chi connectivity index (χ0n) is 15.7. The summed E-state index contributed by atoms with van der Waals surface area (Å²) in [5.41, 5.74) is 17.2. The van der Waals surface area contributed by atoms with Crippen LogP contribution in [0.3, 0.4) is 0 Å². The minimum atomic E-state index is -0.877. The van der Waals surface area contributed by atoms with Crippen molar-refractivity contribution in [2.75, 3.05) is 10.6 Å². The number of hydrogen-bond donors (Lipinski definition) is 5. The number of amides is 2. The highest BCUT2D eigenvalue weighted by Gasteiger charge is 2.56. The highest BCUT2D eigenvalue weighted by atomic mass is 32.1. The van der Waals surface area contributed by atoms with Crippen LogP contribution in [-0.2, 0) is 4.79 Å². The maximum Gasteiger partial charge on any atom is 0.271 e. The lowest BCUT2D eigenvalue weighted by atomic mass is 10.1. The highest BCUT2D eigenvalue weighted by Crippen LogP contribution is 2.45. The molecule has 8 N–H and O–H groups in total. The van der Waals surface area contributed by atoms with Crippen LogP contribution in [0.25, 0.3) is 5.70 Å². The number of nitrogens with two attached hydrogens (primary N) is 3. The number of nitrogens with zero attached hydrogens (tertiary/aromatic N) is 2. The van der Waals surface area contributed by atoms with Crippen LogP contribution < -0.4 is 27.8 Å². The first-order valence-electron chi connectivity index (χ1n) is 8.81. The molecule has 1 aromatic carbocycles. The Morgan fingerprint density at radius 1 is 1.24 bits per heavy atom. The number of benzene rings is 1. The first-order valence-corrected chi connectivity index (χ1v) is 9.22. The molecule has 0 aliphatic heterocycles. The van der Waals surface area contributed by atoms with Gasteiger partial charge >= 0.3 is 0 Å². The number of rotatable bonds is 7. The first kappa shape index (κ1) is 20.2. The van der Waals surface area contributed by atoms with Crippen LogP contribution in [0.15, 0.2) is 42.6 Å². The van der Waals surface area contributed by atoms with Crippen molar-refractivity contribution >= 4 is 46.4 Å². The number of primary amides is 2. The van der Waals surface area contributed by atoms with Crippen molar-refractivity contribution in [3.05, 3.63) is 53.9 Å². The van der Waals surface area contributed by atoms with Gasteiger partial charge in [-0.15, -0.1) is 0 Å². The van der Waals surface area contributed by atoms with E-state index in [0.717, 1.165) is 5.56 Å². The quantitative estimate of drug-likeness (QED) is 0.333. The molecule has 3 rings (SSSR count). The third-order valence-corrected chi connectivity index (χ3v) is 4.96. The Balaban J connectivity index is 1.84. The minimum Gasteiger partial charge on any atom is -0.398 e. The topological polar surface area (TPSA) is 162 Å². The lowest BCUT2D eigenvalue weighted by Gasteiger charge is -2.17. The maximum atomic E-state index is 11.8. The molecule has 1 unspecified atom stereocenters. The van der Waals surface area contributed by atoms with Gasteiger partial charge in [-0.25, -0.2) is 9.97 Å². The van der Waals surface area contributed by atoms with Crippen LogP contribution in [0.4, 0.5) is 11.6 Å². The van der Waals surface area contributed by atoms with E-state index in [9.17, 15) is 9.59 Å². The molecule has 10 heteroatoms. The molecule has 1 heterocycles. The van der Waals surface area contributed by atoms with Gasteiger partial charge in [0.2, 0.25) is 5.91 Å². The summed E-state index contributed by atoms with van der Waals surface area (Å²) in [5.74, 6) is -0.877. The second-order valence-corrected chi connectivity index (χ2v) is 7.28. The van der Waals surface area contributed by atoms with Crippen LogP contribution >= 0.6 is 12.2 Å². The van der Waals surface area contributed by atoms with Gasteiger partial charge in [-0.2, -0.15) is 0 Å². The fourth-order valence-electron chi connectivity index (χ4n) is 2.96. The Labute approximate surface area is 172 Å². The second kappa shape index (κ2) is 7.84. The molecular weight excluding hydrogens is 390 g/mol. The van der Waals surface area contributed by atoms with E-state index >= 15 is 0 Å². The van der Waals surface area contributed by atoms with Gasteiger partial charge in [-0.1, -0.05) is 49.5 Å². The SMILES string of the molecule is CC1C[C@@]1(Nc1cnc(C(N)=O)c(NC(=S)C=C(N)c2ccccc2)n1)C(N)=O. The average molecular weight is 411 g/mol. The van der Waals surface area contributed by atoms with Gasteiger partial charge < -0.3 is 27.8 Å². The van der Waals surface area contributed by atoms with Crippen molar-refractivity contribution in [2.45, 2.75) is 18.9 Å². The molecule has 0 saturated heterocycles. The molecule has 0 spiro atoms. The lowest BCUT2D eigenvalue weighted by molar-refractivity contribution is -0.119. The van der Waals surface area contributed by atoms with Gasteiger partial charge in [-0.3, -0.25) is 9.59 Å². The van der Waals surface area contributed by atoms with Crippen molar-refractivity contribution in [1.82, 2.24) is 9.97 Å². The average Bonchev–Trinajstić information content (AvgIpc) is 3.33. The fourth-order valence-corrected chi connectivity index (χ4v) is 3.18. The Morgan fingerprint density at radius 2 is 1.90 bits per heavy atom. The molecule has 1 aliphatic rings. The Hall–Kier alpha value is -3.53. The van der Waals surface area contributed by atoms with Crippen molar-refractivity contribution in [3.8, 4) is 0 Å². The molecular formula is C19H21N7O2S. The van der Waals surface area contributed by atoms with Gasteiger partial charge in [-0.05, 0) is 24.0 Å². The lowest BCUT2D eigenvalue weighted by Crippen LogP contribution is -2.40. The number of anilines is 2. The van der Waals surface area contributed by atoms with Crippen molar-refractivity contribution in [2.24, 2.45) is 23.1 Å². The van der Waals surface area contributed by atoms with Crippen molar-refractivity contribution in [1.29, 1.82) is 0 Å². The number of thiocarbonyl (C=S) groups is 1. The molecule has 0 radical (unpaired) electrons. The molecule has 1 aliphatic carbocycles. The van der Waals surface area contributed by atoms with E-state index < -0.39 is 17.4 Å². The van der Waals surface area contributed by atoms with Gasteiger partial charge in [0, 0.05) is 5.70 Å². The summed E-state index contributed by atoms with van der Waals surface area (Å²) in [6.07, 6.45) is 3.43. The van der Waals surface area contributed by atoms with Crippen LogP contribution in [0.1, 0.15) is 29.4 Å². The third kappa shape index (κ3) is 4.32. The Bertz CT molecular complexity index is 1010. The number of carbonyl (C=O) groups excluding carboxylic acids is 2. The smallest absolute Gasteiger partial charge is 0.271 e. The minimum absolute atomic E-state index is 0.0533. The Morgan fingerprint density at radius 3 is 2.45 bits per heavy atom. The predicted octanol–water partition coefficient (Wildman–Crippen LogP) is 0.990. The molecule has 29 heavy (non-hydrogen) atoms. The van der Waals surface area contributed by atoms with Crippen LogP contribution in [-0.4, -0.2) is 32.3 Å². The van der Waals surface area contributed by atoms with E-state index in [1.165, 1.54) is 12.3 Å². The van der Waals surface area contributed by atoms with E-state index in [2.05, 4.69) is 20.6 Å². The molecule has 2 atom stereocenters. The van der Waals surface area contributed by atoms with E-state index in [0.29, 0.717) is 12.1 Å². The maximum absolute atomic E-state index is 11.8. The number of aromatic nitrogens is 2. The zero-order chi connectivity index (χ0) is 21.2. The second-order valence-electron chi connectivity index (χ2n) is 6.84. The standard InChI is InChI=1S/C19H21N7O2S/c1-10-8-19(10,18(22)28)26-13-9-23-15(16(21)27)17(24-13)25-14(29)7-12(20)11-5-3-2-4-6-11/h2-7,9-10H,8,20H2,1H3,(H2,21,27)(H2,22,28)(H2,24,25,26,29)/t10?,19-/m0/s1. The van der Waals surface area contributed by atoms with Gasteiger partial charge in [0.15, 0.2) is 11.5 Å². The number of carbonyl (C=O) groups is 2. The molecule has 1 fully saturated rings. The highest BCUT2D eigenvalue weighted by molar-refractivity contribution is 7.81. The molecule has 2 amide bonds. The normalized spacial score (nSPS) is 20.6. The first-order chi connectivity index (χ1) is 13.7. The summed E-state index contributed by atoms with van der Waals surface area (Å²) in [5, 5.41) is 5.83. The number of hydrogen-bond acceptors (Lipinski definition) is 7. The number of nitrogens with one attached hydrogen (secondary N) is 2. The third-order valence-electron chi connectivity index (χ3n) is 4.74. The van der Waals surface area contributed by atoms with Crippen LogP contribution in [0.2, 0.25) is 0 Å². The Kier molecular flexibility index (Phi) is 5.46. The predicted molar refractivity (Wildman–Crippen MR) is 115 cm³/mol. The zero-order valence-corrected chi connectivity index (χ0v) is 16.5. The van der Waals surface area contributed by atoms with E-state index in [4.69, 9.17) is 29.4 Å². The summed E-state index contributed by atoms with van der Waals surface area (Å²) >= 11 is 5.30. The summed E-state index contributed by atoms with van der Waals surface area (Å²) in [4.78, 5) is 32.0. The molecule has 1 saturated carbocycles. The van der Waals surface area contributed by atoms with Gasteiger partial charge in [0.05, 0.1) is 6.20 Å². The van der Waals surface area contributed by atoms with E-state index in [1.54, 1.807) is 0 Å². The van der Waals surface area contributed by atoms with Gasteiger partial charge in [0.1, 0.15) is 16.3 Å². The molecule has 9 nitrogen and oxygen atoms in total. The van der Waals surface area contributed by atoms with Crippen LogP contribution in [0, 0.1) is 5.92 Å². The summed E-state index contributed by atoms with van der Waals surface area (Å²) in [6.45, 7) is 1.90. The molecule has 2 aromatic rings. The van der Waals surface area contributed by atoms with Crippen LogP contribution in [0.5, 0.6) is 0 Å². The molecule has 1 aromatic heterocycles. The van der Waals surface area contributed by atoms with Crippen molar-refractivity contribution in [3.63, 3.8) is 0 Å². The fraction of sp³-hybridized carbons (Fsp3) is 0.211. The summed E-state index contributed by atoms with van der Waals surface area (Å²) in [6, 6.07) is 9.26. The van der Waals surface area contributed by atoms with E-state index in [-0.39, 0.29) is 28.2 Å². The molecule has 0 bridgehead atoms. The summed E-state index contributed by atoms with van der Waals surface area (Å²) in [7, 11) is 0. The monoisotopic (exact) mass is 411 g/mol. The molecule has 150 valence electrons. The summed E-state index contributed by atoms with van der Waals surface area (Å²) < 4.78 is 0. The van der Waals surface area contributed by atoms with Crippen molar-refractivity contribution < 1.29 is 9.59 Å². The van der Waals surface area contributed by atoms with Gasteiger partial charge in [0.25, 0.3) is 5.91 Å². The largest absolute Gasteiger partial charge is 0.398 e. The van der Waals surface area contributed by atoms with E-state index in [1.807, 2.05) is 37.3 Å².